The van der Waals surface area contributed by atoms with E-state index in [9.17, 15) is 4.79 Å². The van der Waals surface area contributed by atoms with Gasteiger partial charge in [0.25, 0.3) is 0 Å². The maximum Gasteiger partial charge on any atom is 0.335 e. The van der Waals surface area contributed by atoms with Gasteiger partial charge in [-0.15, -0.1) is 0 Å². The smallest absolute Gasteiger partial charge is 0.335 e. The number of nitrogens with zero attached hydrogens (tertiary/aromatic N) is 3. The van der Waals surface area contributed by atoms with Gasteiger partial charge in [0.1, 0.15) is 12.1 Å². The Hall–Kier alpha value is -2.21. The molecule has 3 N–H and O–H groups in total. The molecule has 104 valence electrons. The third kappa shape index (κ3) is 2.30. The molecule has 1 unspecified atom stereocenters. The number of aromatic carboxylic acids is 1. The molecule has 3 rings (SSSR count). The van der Waals surface area contributed by atoms with Crippen molar-refractivity contribution in [3.05, 3.63) is 30.1 Å². The third-order valence-corrected chi connectivity index (χ3v) is 3.62. The number of carbonyl (C=O) groups is 1. The molecule has 0 spiro atoms. The van der Waals surface area contributed by atoms with E-state index in [0.29, 0.717) is 5.52 Å². The first-order valence-corrected chi connectivity index (χ1v) is 6.64. The molecule has 1 fully saturated rings. The SMILES string of the molecule is NC1CCCN(c2ncnc3cc(C(=O)O)ccc23)C1. The maximum atomic E-state index is 11.0. The highest BCUT2D eigenvalue weighted by Gasteiger charge is 2.20. The second-order valence-corrected chi connectivity index (χ2v) is 5.08. The highest BCUT2D eigenvalue weighted by Crippen LogP contribution is 2.26. The Morgan fingerprint density at radius 3 is 3.00 bits per heavy atom. The van der Waals surface area contributed by atoms with Crippen molar-refractivity contribution in [1.82, 2.24) is 9.97 Å². The largest absolute Gasteiger partial charge is 0.478 e. The molecule has 0 aliphatic carbocycles. The lowest BCUT2D eigenvalue weighted by Gasteiger charge is -2.32. The highest BCUT2D eigenvalue weighted by atomic mass is 16.4. The average Bonchev–Trinajstić information content (AvgIpc) is 2.46. The van der Waals surface area contributed by atoms with Crippen LogP contribution in [0.3, 0.4) is 0 Å². The Morgan fingerprint density at radius 2 is 2.25 bits per heavy atom. The lowest BCUT2D eigenvalue weighted by molar-refractivity contribution is 0.0697. The van der Waals surface area contributed by atoms with Gasteiger partial charge in [-0.05, 0) is 31.0 Å². The van der Waals surface area contributed by atoms with Gasteiger partial charge in [0.05, 0.1) is 11.1 Å². The van der Waals surface area contributed by atoms with E-state index >= 15 is 0 Å². The Balaban J connectivity index is 2.05. The Kier molecular flexibility index (Phi) is 3.23. The number of piperidine rings is 1. The fourth-order valence-electron chi connectivity index (χ4n) is 2.63. The molecular weight excluding hydrogens is 256 g/mol. The first kappa shape index (κ1) is 12.8. The van der Waals surface area contributed by atoms with E-state index in [4.69, 9.17) is 10.8 Å². The summed E-state index contributed by atoms with van der Waals surface area (Å²) < 4.78 is 0. The number of anilines is 1. The monoisotopic (exact) mass is 272 g/mol. The van der Waals surface area contributed by atoms with Crippen LogP contribution in [0.5, 0.6) is 0 Å². The van der Waals surface area contributed by atoms with E-state index in [1.54, 1.807) is 18.2 Å². The summed E-state index contributed by atoms with van der Waals surface area (Å²) in [5.74, 6) is -0.117. The molecule has 1 aromatic heterocycles. The number of hydrogen-bond donors (Lipinski definition) is 2. The predicted molar refractivity (Wildman–Crippen MR) is 75.9 cm³/mol. The molecule has 1 saturated heterocycles. The summed E-state index contributed by atoms with van der Waals surface area (Å²) >= 11 is 0. The second kappa shape index (κ2) is 5.05. The van der Waals surface area contributed by atoms with Crippen molar-refractivity contribution in [3.8, 4) is 0 Å². The number of hydrogen-bond acceptors (Lipinski definition) is 5. The van der Waals surface area contributed by atoms with Crippen LogP contribution in [0, 0.1) is 0 Å². The van der Waals surface area contributed by atoms with E-state index in [0.717, 1.165) is 37.1 Å². The zero-order valence-electron chi connectivity index (χ0n) is 11.0. The van der Waals surface area contributed by atoms with Crippen LogP contribution in [0.1, 0.15) is 23.2 Å². The molecule has 1 atom stereocenters. The maximum absolute atomic E-state index is 11.0. The van der Waals surface area contributed by atoms with Crippen LogP contribution in [0.2, 0.25) is 0 Å². The number of aromatic nitrogens is 2. The number of carboxylic acids is 1. The van der Waals surface area contributed by atoms with Crippen molar-refractivity contribution in [3.63, 3.8) is 0 Å². The van der Waals surface area contributed by atoms with Crippen LogP contribution in [0.4, 0.5) is 5.82 Å². The minimum absolute atomic E-state index is 0.159. The molecule has 20 heavy (non-hydrogen) atoms. The van der Waals surface area contributed by atoms with Gasteiger partial charge in [0, 0.05) is 24.5 Å². The molecule has 0 bridgehead atoms. The minimum atomic E-state index is -0.952. The van der Waals surface area contributed by atoms with Crippen molar-refractivity contribution in [2.24, 2.45) is 5.73 Å². The quantitative estimate of drug-likeness (QED) is 0.855. The highest BCUT2D eigenvalue weighted by molar-refractivity contribution is 5.96. The molecule has 0 radical (unpaired) electrons. The fraction of sp³-hybridized carbons (Fsp3) is 0.357. The zero-order chi connectivity index (χ0) is 14.1. The Morgan fingerprint density at radius 1 is 1.40 bits per heavy atom. The van der Waals surface area contributed by atoms with Crippen molar-refractivity contribution < 1.29 is 9.90 Å². The molecule has 0 saturated carbocycles. The summed E-state index contributed by atoms with van der Waals surface area (Å²) in [5.41, 5.74) is 6.89. The molecule has 1 aliphatic rings. The number of carboxylic acid groups (broad SMARTS) is 1. The summed E-state index contributed by atoms with van der Waals surface area (Å²) in [6.07, 6.45) is 3.55. The van der Waals surface area contributed by atoms with Crippen LogP contribution in [-0.2, 0) is 0 Å². The predicted octanol–water partition coefficient (Wildman–Crippen LogP) is 1.26. The van der Waals surface area contributed by atoms with Crippen LogP contribution in [-0.4, -0.2) is 40.2 Å². The lowest BCUT2D eigenvalue weighted by atomic mass is 10.1. The van der Waals surface area contributed by atoms with Crippen LogP contribution in [0.15, 0.2) is 24.5 Å². The van der Waals surface area contributed by atoms with E-state index in [1.165, 1.54) is 6.33 Å². The zero-order valence-corrected chi connectivity index (χ0v) is 11.0. The summed E-state index contributed by atoms with van der Waals surface area (Å²) in [5, 5.41) is 9.89. The van der Waals surface area contributed by atoms with Gasteiger partial charge < -0.3 is 15.7 Å². The Bertz CT molecular complexity index is 659. The van der Waals surface area contributed by atoms with Gasteiger partial charge in [-0.3, -0.25) is 0 Å². The standard InChI is InChI=1S/C14H16N4O2/c15-10-2-1-5-18(7-10)13-11-4-3-9(14(19)20)6-12(11)16-8-17-13/h3-4,6,8,10H,1-2,5,7,15H2,(H,19,20). The molecule has 6 heteroatoms. The van der Waals surface area contributed by atoms with Crippen LogP contribution < -0.4 is 10.6 Å². The normalized spacial score (nSPS) is 19.2. The lowest BCUT2D eigenvalue weighted by Crippen LogP contribution is -2.43. The number of benzene rings is 1. The second-order valence-electron chi connectivity index (χ2n) is 5.08. The molecular formula is C14H16N4O2. The fourth-order valence-corrected chi connectivity index (χ4v) is 2.63. The van der Waals surface area contributed by atoms with Gasteiger partial charge in [0.15, 0.2) is 0 Å². The van der Waals surface area contributed by atoms with E-state index in [-0.39, 0.29) is 11.6 Å². The molecule has 2 heterocycles. The van der Waals surface area contributed by atoms with E-state index in [1.807, 2.05) is 0 Å². The summed E-state index contributed by atoms with van der Waals surface area (Å²) in [4.78, 5) is 21.7. The summed E-state index contributed by atoms with van der Waals surface area (Å²) in [6.45, 7) is 1.69. The summed E-state index contributed by atoms with van der Waals surface area (Å²) in [6, 6.07) is 5.09. The van der Waals surface area contributed by atoms with E-state index < -0.39 is 5.97 Å². The van der Waals surface area contributed by atoms with Crippen molar-refractivity contribution in [2.75, 3.05) is 18.0 Å². The van der Waals surface area contributed by atoms with Gasteiger partial charge >= 0.3 is 5.97 Å². The molecule has 0 amide bonds. The first-order valence-electron chi connectivity index (χ1n) is 6.64. The Labute approximate surface area is 116 Å². The first-order chi connectivity index (χ1) is 9.65. The van der Waals surface area contributed by atoms with Gasteiger partial charge in [-0.25, -0.2) is 14.8 Å². The molecule has 1 aliphatic heterocycles. The minimum Gasteiger partial charge on any atom is -0.478 e. The molecule has 1 aromatic carbocycles. The van der Waals surface area contributed by atoms with Crippen molar-refractivity contribution >= 4 is 22.7 Å². The average molecular weight is 272 g/mol. The molecule has 6 nitrogen and oxygen atoms in total. The topological polar surface area (TPSA) is 92.3 Å². The number of fused-ring (bicyclic) bond motifs is 1. The van der Waals surface area contributed by atoms with Crippen LogP contribution in [0.25, 0.3) is 10.9 Å². The van der Waals surface area contributed by atoms with E-state index in [2.05, 4.69) is 14.9 Å². The van der Waals surface area contributed by atoms with Gasteiger partial charge in [0.2, 0.25) is 0 Å². The third-order valence-electron chi connectivity index (χ3n) is 3.62. The summed E-state index contributed by atoms with van der Waals surface area (Å²) in [7, 11) is 0. The number of rotatable bonds is 2. The number of nitrogens with two attached hydrogens (primary N) is 1. The van der Waals surface area contributed by atoms with Gasteiger partial charge in [-0.2, -0.15) is 0 Å². The molecule has 2 aromatic rings. The van der Waals surface area contributed by atoms with Crippen LogP contribution >= 0.6 is 0 Å². The van der Waals surface area contributed by atoms with Gasteiger partial charge in [-0.1, -0.05) is 0 Å². The van der Waals surface area contributed by atoms with Crippen molar-refractivity contribution in [2.45, 2.75) is 18.9 Å². The van der Waals surface area contributed by atoms with Crippen molar-refractivity contribution in [1.29, 1.82) is 0 Å².